The summed E-state index contributed by atoms with van der Waals surface area (Å²) >= 11 is 11.7. The minimum atomic E-state index is -3.06. The second kappa shape index (κ2) is 5.92. The zero-order chi connectivity index (χ0) is 14.9. The van der Waals surface area contributed by atoms with Crippen molar-refractivity contribution < 1.29 is 17.9 Å². The SMILES string of the molecule is C[C@@H](C(=O)O[C@H]1CCS(=O)(=O)C1)c1ccc(Cl)c(Cl)c1. The Labute approximate surface area is 127 Å². The van der Waals surface area contributed by atoms with Crippen molar-refractivity contribution in [1.29, 1.82) is 0 Å². The van der Waals surface area contributed by atoms with Gasteiger partial charge < -0.3 is 4.74 Å². The van der Waals surface area contributed by atoms with Crippen molar-refractivity contribution in [3.63, 3.8) is 0 Å². The van der Waals surface area contributed by atoms with Crippen molar-refractivity contribution >= 4 is 39.0 Å². The number of carbonyl (C=O) groups is 1. The molecule has 1 aliphatic rings. The molecule has 0 spiro atoms. The smallest absolute Gasteiger partial charge is 0.313 e. The molecule has 1 fully saturated rings. The van der Waals surface area contributed by atoms with Crippen molar-refractivity contribution in [3.8, 4) is 0 Å². The molecular formula is C13H14Cl2O4S. The molecule has 2 rings (SSSR count). The van der Waals surface area contributed by atoms with Gasteiger partial charge in [0.25, 0.3) is 0 Å². The summed E-state index contributed by atoms with van der Waals surface area (Å²) in [5, 5.41) is 0.783. The highest BCUT2D eigenvalue weighted by atomic mass is 35.5. The zero-order valence-electron chi connectivity index (χ0n) is 10.8. The summed E-state index contributed by atoms with van der Waals surface area (Å²) in [5.74, 6) is -0.989. The van der Waals surface area contributed by atoms with E-state index in [1.165, 1.54) is 0 Å². The summed E-state index contributed by atoms with van der Waals surface area (Å²) in [6, 6.07) is 4.93. The van der Waals surface area contributed by atoms with Gasteiger partial charge in [-0.2, -0.15) is 0 Å². The molecule has 0 radical (unpaired) electrons. The van der Waals surface area contributed by atoms with Gasteiger partial charge in [0, 0.05) is 0 Å². The van der Waals surface area contributed by atoms with Gasteiger partial charge in [0.15, 0.2) is 9.84 Å². The van der Waals surface area contributed by atoms with Crippen LogP contribution in [0.5, 0.6) is 0 Å². The normalized spacial score (nSPS) is 22.4. The Balaban J connectivity index is 2.03. The van der Waals surface area contributed by atoms with Gasteiger partial charge in [-0.05, 0) is 31.0 Å². The highest BCUT2D eigenvalue weighted by molar-refractivity contribution is 7.91. The summed E-state index contributed by atoms with van der Waals surface area (Å²) in [4.78, 5) is 12.0. The van der Waals surface area contributed by atoms with E-state index in [1.54, 1.807) is 25.1 Å². The summed E-state index contributed by atoms with van der Waals surface area (Å²) in [7, 11) is -3.06. The van der Waals surface area contributed by atoms with Crippen LogP contribution in [-0.4, -0.2) is 32.0 Å². The first-order valence-corrected chi connectivity index (χ1v) is 8.72. The molecule has 20 heavy (non-hydrogen) atoms. The molecule has 0 aliphatic carbocycles. The summed E-state index contributed by atoms with van der Waals surface area (Å²) in [6.07, 6.45) is -0.181. The Morgan fingerprint density at radius 2 is 2.05 bits per heavy atom. The quantitative estimate of drug-likeness (QED) is 0.796. The third-order valence-corrected chi connectivity index (χ3v) is 5.75. The minimum absolute atomic E-state index is 0.0755. The number of hydrogen-bond donors (Lipinski definition) is 0. The third kappa shape index (κ3) is 3.65. The van der Waals surface area contributed by atoms with Crippen LogP contribution in [0.4, 0.5) is 0 Å². The van der Waals surface area contributed by atoms with E-state index < -0.39 is 27.8 Å². The van der Waals surface area contributed by atoms with E-state index in [9.17, 15) is 13.2 Å². The van der Waals surface area contributed by atoms with E-state index >= 15 is 0 Å². The molecule has 0 aromatic heterocycles. The maximum atomic E-state index is 12.0. The topological polar surface area (TPSA) is 60.4 Å². The van der Waals surface area contributed by atoms with Crippen LogP contribution in [-0.2, 0) is 19.4 Å². The van der Waals surface area contributed by atoms with E-state index in [4.69, 9.17) is 27.9 Å². The molecular weight excluding hydrogens is 323 g/mol. The van der Waals surface area contributed by atoms with Gasteiger partial charge in [0.05, 0.1) is 27.5 Å². The highest BCUT2D eigenvalue weighted by Gasteiger charge is 2.32. The van der Waals surface area contributed by atoms with Crippen LogP contribution >= 0.6 is 23.2 Å². The fourth-order valence-corrected chi connectivity index (χ4v) is 3.93. The molecule has 1 aliphatic heterocycles. The van der Waals surface area contributed by atoms with Crippen LogP contribution in [0, 0.1) is 0 Å². The van der Waals surface area contributed by atoms with Crippen molar-refractivity contribution in [3.05, 3.63) is 33.8 Å². The van der Waals surface area contributed by atoms with Crippen LogP contribution in [0.25, 0.3) is 0 Å². The fourth-order valence-electron chi connectivity index (χ4n) is 2.04. The summed E-state index contributed by atoms with van der Waals surface area (Å²) in [6.45, 7) is 1.69. The Morgan fingerprint density at radius 1 is 1.35 bits per heavy atom. The molecule has 0 unspecified atom stereocenters. The molecule has 0 N–H and O–H groups in total. The van der Waals surface area contributed by atoms with Crippen molar-refractivity contribution in [2.24, 2.45) is 0 Å². The first-order valence-electron chi connectivity index (χ1n) is 6.14. The average molecular weight is 337 g/mol. The standard InChI is InChI=1S/C13H14Cl2O4S/c1-8(9-2-3-11(14)12(15)6-9)13(16)19-10-4-5-20(17,18)7-10/h2-3,6,8,10H,4-5,7H2,1H3/t8-,10+/m1/s1. The van der Waals surface area contributed by atoms with Gasteiger partial charge in [0.1, 0.15) is 6.10 Å². The Kier molecular flexibility index (Phi) is 4.62. The Bertz CT molecular complexity index is 627. The maximum Gasteiger partial charge on any atom is 0.313 e. The lowest BCUT2D eigenvalue weighted by Gasteiger charge is -2.15. The molecule has 110 valence electrons. The zero-order valence-corrected chi connectivity index (χ0v) is 13.1. The van der Waals surface area contributed by atoms with Crippen LogP contribution in [0.15, 0.2) is 18.2 Å². The second-order valence-electron chi connectivity index (χ2n) is 4.86. The van der Waals surface area contributed by atoms with Crippen LogP contribution in [0.2, 0.25) is 10.0 Å². The Hall–Kier alpha value is -0.780. The van der Waals surface area contributed by atoms with Crippen LogP contribution in [0.3, 0.4) is 0 Å². The van der Waals surface area contributed by atoms with E-state index in [2.05, 4.69) is 0 Å². The van der Waals surface area contributed by atoms with Gasteiger partial charge in [-0.15, -0.1) is 0 Å². The Morgan fingerprint density at radius 3 is 2.60 bits per heavy atom. The van der Waals surface area contributed by atoms with E-state index in [0.717, 1.165) is 0 Å². The predicted molar refractivity (Wildman–Crippen MR) is 78.0 cm³/mol. The number of carbonyl (C=O) groups excluding carboxylic acids is 1. The van der Waals surface area contributed by atoms with Crippen LogP contribution in [0.1, 0.15) is 24.8 Å². The predicted octanol–water partition coefficient (Wildman–Crippen LogP) is 2.83. The van der Waals surface area contributed by atoms with E-state index in [1.807, 2.05) is 0 Å². The minimum Gasteiger partial charge on any atom is -0.461 e. The first-order chi connectivity index (χ1) is 9.28. The lowest BCUT2D eigenvalue weighted by molar-refractivity contribution is -0.149. The molecule has 0 bridgehead atoms. The van der Waals surface area contributed by atoms with Crippen LogP contribution < -0.4 is 0 Å². The number of rotatable bonds is 3. The molecule has 1 saturated heterocycles. The summed E-state index contributed by atoms with van der Waals surface area (Å²) < 4.78 is 27.9. The molecule has 1 aromatic carbocycles. The molecule has 1 heterocycles. The fraction of sp³-hybridized carbons (Fsp3) is 0.462. The van der Waals surface area contributed by atoms with Gasteiger partial charge in [-0.3, -0.25) is 4.79 Å². The number of esters is 1. The number of ether oxygens (including phenoxy) is 1. The third-order valence-electron chi connectivity index (χ3n) is 3.27. The first kappa shape index (κ1) is 15.6. The monoisotopic (exact) mass is 336 g/mol. The van der Waals surface area contributed by atoms with Crippen molar-refractivity contribution in [2.75, 3.05) is 11.5 Å². The van der Waals surface area contributed by atoms with Crippen molar-refractivity contribution in [2.45, 2.75) is 25.4 Å². The summed E-state index contributed by atoms with van der Waals surface area (Å²) in [5.41, 5.74) is 0.685. The largest absolute Gasteiger partial charge is 0.461 e. The van der Waals surface area contributed by atoms with Gasteiger partial charge in [-0.25, -0.2) is 8.42 Å². The maximum absolute atomic E-state index is 12.0. The van der Waals surface area contributed by atoms with E-state index in [-0.39, 0.29) is 11.5 Å². The number of sulfone groups is 1. The number of hydrogen-bond acceptors (Lipinski definition) is 4. The lowest BCUT2D eigenvalue weighted by atomic mass is 10.0. The number of benzene rings is 1. The molecule has 0 saturated carbocycles. The molecule has 1 aromatic rings. The van der Waals surface area contributed by atoms with Gasteiger partial charge >= 0.3 is 5.97 Å². The average Bonchev–Trinajstić information content (AvgIpc) is 2.71. The molecule has 0 amide bonds. The second-order valence-corrected chi connectivity index (χ2v) is 7.90. The molecule has 7 heteroatoms. The molecule has 2 atom stereocenters. The lowest BCUT2D eigenvalue weighted by Crippen LogP contribution is -2.22. The van der Waals surface area contributed by atoms with Gasteiger partial charge in [-0.1, -0.05) is 29.3 Å². The van der Waals surface area contributed by atoms with Crippen molar-refractivity contribution in [1.82, 2.24) is 0 Å². The van der Waals surface area contributed by atoms with E-state index in [0.29, 0.717) is 22.0 Å². The van der Waals surface area contributed by atoms with Gasteiger partial charge in [0.2, 0.25) is 0 Å². The number of halogens is 2. The molecule has 4 nitrogen and oxygen atoms in total. The highest BCUT2D eigenvalue weighted by Crippen LogP contribution is 2.27.